The van der Waals surface area contributed by atoms with Gasteiger partial charge in [-0.25, -0.2) is 4.98 Å². The third-order valence-electron chi connectivity index (χ3n) is 4.05. The molecule has 0 atom stereocenters. The van der Waals surface area contributed by atoms with E-state index < -0.39 is 0 Å². The maximum atomic E-state index is 5.76. The van der Waals surface area contributed by atoms with Crippen molar-refractivity contribution in [3.05, 3.63) is 22.8 Å². The normalized spacial score (nSPS) is 22.4. The van der Waals surface area contributed by atoms with E-state index in [1.807, 2.05) is 12.1 Å². The molecule has 3 rings (SSSR count). The molecule has 1 aromatic heterocycles. The van der Waals surface area contributed by atoms with Gasteiger partial charge in [0.15, 0.2) is 0 Å². The first kappa shape index (κ1) is 18.6. The molecule has 7 heteroatoms. The standard InChI is InChI=1S/C18H23BrN2O4/c19-14-3-4-18(21-11-14)25-16-9-15(10-16)23-6-2-1-5-22-7-8-24-17-12-20-13-17/h3-4,11,15-17,20H,5-10,12-13H2. The Morgan fingerprint density at radius 2 is 1.88 bits per heavy atom. The van der Waals surface area contributed by atoms with Crippen LogP contribution >= 0.6 is 15.9 Å². The zero-order chi connectivity index (χ0) is 17.3. The number of rotatable bonds is 9. The summed E-state index contributed by atoms with van der Waals surface area (Å²) in [5, 5.41) is 3.16. The summed E-state index contributed by atoms with van der Waals surface area (Å²) in [6.45, 7) is 3.95. The second kappa shape index (κ2) is 10.1. The Morgan fingerprint density at radius 1 is 1.04 bits per heavy atom. The smallest absolute Gasteiger partial charge is 0.213 e. The SMILES string of the molecule is Brc1ccc(OC2CC(OCC#CCOCCOC3CNC3)C2)nc1. The van der Waals surface area contributed by atoms with Gasteiger partial charge >= 0.3 is 0 Å². The summed E-state index contributed by atoms with van der Waals surface area (Å²) in [5.74, 6) is 6.58. The highest BCUT2D eigenvalue weighted by molar-refractivity contribution is 9.10. The van der Waals surface area contributed by atoms with Crippen LogP contribution in [0.2, 0.25) is 0 Å². The third-order valence-corrected chi connectivity index (χ3v) is 4.52. The van der Waals surface area contributed by atoms with Gasteiger partial charge in [-0.05, 0) is 22.0 Å². The summed E-state index contributed by atoms with van der Waals surface area (Å²) < 4.78 is 23.3. The molecular formula is C18H23BrN2O4. The lowest BCUT2D eigenvalue weighted by molar-refractivity contribution is -0.0508. The summed E-state index contributed by atoms with van der Waals surface area (Å²) in [4.78, 5) is 4.20. The van der Waals surface area contributed by atoms with Crippen LogP contribution in [0, 0.1) is 11.8 Å². The van der Waals surface area contributed by atoms with E-state index in [2.05, 4.69) is 38.1 Å². The highest BCUT2D eigenvalue weighted by Crippen LogP contribution is 2.27. The van der Waals surface area contributed by atoms with Crippen molar-refractivity contribution in [1.82, 2.24) is 10.3 Å². The van der Waals surface area contributed by atoms with Crippen molar-refractivity contribution in [2.75, 3.05) is 39.5 Å². The van der Waals surface area contributed by atoms with Crippen molar-refractivity contribution in [2.45, 2.75) is 31.2 Å². The first-order valence-electron chi connectivity index (χ1n) is 8.55. The van der Waals surface area contributed by atoms with Crippen molar-refractivity contribution >= 4 is 15.9 Å². The van der Waals surface area contributed by atoms with Crippen LogP contribution in [0.1, 0.15) is 12.8 Å². The Balaban J connectivity index is 1.15. The topological polar surface area (TPSA) is 61.8 Å². The molecule has 2 aliphatic rings. The average Bonchev–Trinajstić information content (AvgIpc) is 2.54. The first-order valence-corrected chi connectivity index (χ1v) is 9.34. The molecule has 2 fully saturated rings. The van der Waals surface area contributed by atoms with Crippen LogP contribution in [-0.2, 0) is 14.2 Å². The van der Waals surface area contributed by atoms with E-state index in [0.717, 1.165) is 30.4 Å². The summed E-state index contributed by atoms with van der Waals surface area (Å²) in [6.07, 6.45) is 4.25. The predicted molar refractivity (Wildman–Crippen MR) is 96.5 cm³/mol. The maximum Gasteiger partial charge on any atom is 0.213 e. The third kappa shape index (κ3) is 6.57. The lowest BCUT2D eigenvalue weighted by Crippen LogP contribution is -2.48. The molecule has 1 N–H and O–H groups in total. The maximum absolute atomic E-state index is 5.76. The van der Waals surface area contributed by atoms with Crippen molar-refractivity contribution in [3.63, 3.8) is 0 Å². The largest absolute Gasteiger partial charge is 0.474 e. The second-order valence-corrected chi connectivity index (χ2v) is 6.93. The highest BCUT2D eigenvalue weighted by Gasteiger charge is 2.31. The van der Waals surface area contributed by atoms with Gasteiger partial charge < -0.3 is 24.3 Å². The van der Waals surface area contributed by atoms with Crippen molar-refractivity contribution in [1.29, 1.82) is 0 Å². The Bertz CT molecular complexity index is 577. The van der Waals surface area contributed by atoms with Gasteiger partial charge in [0.05, 0.1) is 25.4 Å². The van der Waals surface area contributed by atoms with Crippen LogP contribution in [0.4, 0.5) is 0 Å². The summed E-state index contributed by atoms with van der Waals surface area (Å²) in [7, 11) is 0. The van der Waals surface area contributed by atoms with E-state index in [4.69, 9.17) is 18.9 Å². The molecule has 1 aromatic rings. The molecule has 136 valence electrons. The quantitative estimate of drug-likeness (QED) is 0.494. The van der Waals surface area contributed by atoms with Gasteiger partial charge in [0.25, 0.3) is 0 Å². The van der Waals surface area contributed by atoms with E-state index in [0.29, 0.717) is 38.4 Å². The van der Waals surface area contributed by atoms with Crippen LogP contribution in [0.15, 0.2) is 22.8 Å². The molecule has 1 aliphatic heterocycles. The number of nitrogens with one attached hydrogen (secondary N) is 1. The highest BCUT2D eigenvalue weighted by atomic mass is 79.9. The fourth-order valence-corrected chi connectivity index (χ4v) is 2.63. The molecule has 0 unspecified atom stereocenters. The molecule has 2 heterocycles. The molecule has 0 amide bonds. The molecule has 0 radical (unpaired) electrons. The summed E-state index contributed by atoms with van der Waals surface area (Å²) in [5.41, 5.74) is 0. The van der Waals surface area contributed by atoms with E-state index in [-0.39, 0.29) is 12.2 Å². The van der Waals surface area contributed by atoms with Gasteiger partial charge in [-0.15, -0.1) is 0 Å². The van der Waals surface area contributed by atoms with Crippen LogP contribution < -0.4 is 10.1 Å². The van der Waals surface area contributed by atoms with Crippen LogP contribution in [0.5, 0.6) is 5.88 Å². The van der Waals surface area contributed by atoms with Crippen LogP contribution in [-0.4, -0.2) is 62.8 Å². The second-order valence-electron chi connectivity index (χ2n) is 6.02. The number of aromatic nitrogens is 1. The lowest BCUT2D eigenvalue weighted by atomic mass is 9.92. The molecule has 25 heavy (non-hydrogen) atoms. The van der Waals surface area contributed by atoms with Crippen molar-refractivity contribution < 1.29 is 18.9 Å². The Morgan fingerprint density at radius 3 is 2.60 bits per heavy atom. The van der Waals surface area contributed by atoms with Gasteiger partial charge in [-0.1, -0.05) is 11.8 Å². The first-order chi connectivity index (χ1) is 12.3. The van der Waals surface area contributed by atoms with Crippen LogP contribution in [0.3, 0.4) is 0 Å². The minimum atomic E-state index is 0.181. The van der Waals surface area contributed by atoms with E-state index >= 15 is 0 Å². The zero-order valence-electron chi connectivity index (χ0n) is 14.1. The number of hydrogen-bond donors (Lipinski definition) is 1. The van der Waals surface area contributed by atoms with Gasteiger partial charge in [0.1, 0.15) is 19.3 Å². The van der Waals surface area contributed by atoms with Crippen molar-refractivity contribution in [3.8, 4) is 17.7 Å². The molecule has 1 saturated carbocycles. The Labute approximate surface area is 156 Å². The van der Waals surface area contributed by atoms with Gasteiger partial charge in [-0.3, -0.25) is 0 Å². The number of nitrogens with zero attached hydrogens (tertiary/aromatic N) is 1. The predicted octanol–water partition coefficient (Wildman–Crippen LogP) is 1.78. The number of hydrogen-bond acceptors (Lipinski definition) is 6. The molecule has 0 bridgehead atoms. The van der Waals surface area contributed by atoms with E-state index in [9.17, 15) is 0 Å². The van der Waals surface area contributed by atoms with Gasteiger partial charge in [0, 0.05) is 42.7 Å². The lowest BCUT2D eigenvalue weighted by Gasteiger charge is -2.34. The number of ether oxygens (including phenoxy) is 4. The fourth-order valence-electron chi connectivity index (χ4n) is 2.39. The summed E-state index contributed by atoms with van der Waals surface area (Å²) in [6, 6.07) is 3.78. The van der Waals surface area contributed by atoms with Crippen molar-refractivity contribution in [2.24, 2.45) is 0 Å². The minimum Gasteiger partial charge on any atom is -0.474 e. The molecule has 0 aromatic carbocycles. The number of pyridine rings is 1. The number of halogens is 1. The van der Waals surface area contributed by atoms with E-state index in [1.54, 1.807) is 6.20 Å². The van der Waals surface area contributed by atoms with Crippen LogP contribution in [0.25, 0.3) is 0 Å². The molecule has 1 aliphatic carbocycles. The van der Waals surface area contributed by atoms with Gasteiger partial charge in [0.2, 0.25) is 5.88 Å². The average molecular weight is 411 g/mol. The fraction of sp³-hybridized carbons (Fsp3) is 0.611. The Hall–Kier alpha value is -1.17. The minimum absolute atomic E-state index is 0.181. The van der Waals surface area contributed by atoms with Gasteiger partial charge in [-0.2, -0.15) is 0 Å². The summed E-state index contributed by atoms with van der Waals surface area (Å²) >= 11 is 3.35. The zero-order valence-corrected chi connectivity index (χ0v) is 15.7. The molecule has 1 saturated heterocycles. The Kier molecular flexibility index (Phi) is 7.52. The molecule has 0 spiro atoms. The monoisotopic (exact) mass is 410 g/mol. The molecular weight excluding hydrogens is 388 g/mol. The van der Waals surface area contributed by atoms with E-state index in [1.165, 1.54) is 0 Å². The molecule has 6 nitrogen and oxygen atoms in total.